The van der Waals surface area contributed by atoms with E-state index in [2.05, 4.69) is 69.4 Å². The van der Waals surface area contributed by atoms with Crippen molar-refractivity contribution in [3.05, 3.63) is 66.9 Å². The van der Waals surface area contributed by atoms with E-state index in [0.717, 1.165) is 57.3 Å². The van der Waals surface area contributed by atoms with E-state index in [4.69, 9.17) is 4.74 Å². The molecule has 2 aromatic carbocycles. The van der Waals surface area contributed by atoms with Crippen LogP contribution in [0.5, 0.6) is 5.75 Å². The SMILES string of the molecule is c1ccc(N2CCN(CCCOc3cccc4ccccc34)CC2)nc1. The lowest BCUT2D eigenvalue weighted by Gasteiger charge is -2.35. The maximum Gasteiger partial charge on any atom is 0.128 e. The van der Waals surface area contributed by atoms with Crippen molar-refractivity contribution in [3.8, 4) is 5.75 Å². The number of aromatic nitrogens is 1. The summed E-state index contributed by atoms with van der Waals surface area (Å²) in [5.74, 6) is 2.08. The first-order valence-electron chi connectivity index (χ1n) is 9.39. The highest BCUT2D eigenvalue weighted by Gasteiger charge is 2.17. The zero-order chi connectivity index (χ0) is 17.6. The third-order valence-corrected chi connectivity index (χ3v) is 4.97. The molecule has 0 radical (unpaired) electrons. The summed E-state index contributed by atoms with van der Waals surface area (Å²) in [4.78, 5) is 9.33. The molecule has 0 atom stereocenters. The first-order chi connectivity index (χ1) is 12.9. The van der Waals surface area contributed by atoms with E-state index >= 15 is 0 Å². The minimum atomic E-state index is 0.758. The van der Waals surface area contributed by atoms with Crippen LogP contribution in [0.4, 0.5) is 5.82 Å². The zero-order valence-corrected chi connectivity index (χ0v) is 15.1. The molecular weight excluding hydrogens is 322 g/mol. The summed E-state index contributed by atoms with van der Waals surface area (Å²) in [6.45, 7) is 6.10. The standard InChI is InChI=1S/C22H25N3O/c1-2-9-20-19(7-1)8-5-10-21(20)26-18-6-13-24-14-16-25(17-15-24)22-11-3-4-12-23-22/h1-5,7-12H,6,13-18H2. The van der Waals surface area contributed by atoms with Crippen LogP contribution in [0, 0.1) is 0 Å². The molecule has 0 aliphatic carbocycles. The Labute approximate surface area is 155 Å². The van der Waals surface area contributed by atoms with Crippen molar-refractivity contribution in [3.63, 3.8) is 0 Å². The van der Waals surface area contributed by atoms with E-state index < -0.39 is 0 Å². The maximum atomic E-state index is 6.05. The van der Waals surface area contributed by atoms with Gasteiger partial charge in [0.05, 0.1) is 6.61 Å². The molecule has 1 aliphatic heterocycles. The largest absolute Gasteiger partial charge is 0.493 e. The summed E-state index contributed by atoms with van der Waals surface area (Å²) in [6, 6.07) is 20.8. The quantitative estimate of drug-likeness (QED) is 0.634. The molecule has 0 amide bonds. The second-order valence-corrected chi connectivity index (χ2v) is 6.70. The third-order valence-electron chi connectivity index (χ3n) is 4.97. The molecule has 1 fully saturated rings. The first-order valence-corrected chi connectivity index (χ1v) is 9.39. The molecule has 0 saturated carbocycles. The Balaban J connectivity index is 1.22. The van der Waals surface area contributed by atoms with Crippen molar-refractivity contribution in [1.82, 2.24) is 9.88 Å². The number of ether oxygens (including phenoxy) is 1. The molecule has 134 valence electrons. The number of pyridine rings is 1. The molecule has 26 heavy (non-hydrogen) atoms. The summed E-state index contributed by atoms with van der Waals surface area (Å²) in [5, 5.41) is 2.43. The van der Waals surface area contributed by atoms with Crippen molar-refractivity contribution in [2.45, 2.75) is 6.42 Å². The molecule has 0 bridgehead atoms. The molecule has 4 rings (SSSR count). The van der Waals surface area contributed by atoms with Gasteiger partial charge in [0.2, 0.25) is 0 Å². The average molecular weight is 347 g/mol. The number of hydrogen-bond acceptors (Lipinski definition) is 4. The van der Waals surface area contributed by atoms with Gasteiger partial charge in [-0.15, -0.1) is 0 Å². The monoisotopic (exact) mass is 347 g/mol. The second-order valence-electron chi connectivity index (χ2n) is 6.70. The van der Waals surface area contributed by atoms with E-state index in [0.29, 0.717) is 0 Å². The van der Waals surface area contributed by atoms with Crippen LogP contribution in [0.1, 0.15) is 6.42 Å². The summed E-state index contributed by atoms with van der Waals surface area (Å²) in [7, 11) is 0. The average Bonchev–Trinajstić information content (AvgIpc) is 2.72. The van der Waals surface area contributed by atoms with E-state index in [-0.39, 0.29) is 0 Å². The summed E-state index contributed by atoms with van der Waals surface area (Å²) >= 11 is 0. The third kappa shape index (κ3) is 3.97. The number of fused-ring (bicyclic) bond motifs is 1. The molecule has 3 aromatic rings. The molecule has 1 aromatic heterocycles. The Kier molecular flexibility index (Phi) is 5.31. The Hall–Kier alpha value is -2.59. The van der Waals surface area contributed by atoms with Crippen LogP contribution >= 0.6 is 0 Å². The van der Waals surface area contributed by atoms with E-state index in [1.807, 2.05) is 12.3 Å². The molecule has 0 spiro atoms. The Morgan fingerprint density at radius 1 is 0.846 bits per heavy atom. The summed E-state index contributed by atoms with van der Waals surface area (Å²) in [6.07, 6.45) is 2.92. The molecule has 2 heterocycles. The van der Waals surface area contributed by atoms with Gasteiger partial charge in [-0.3, -0.25) is 4.90 Å². The molecule has 4 heteroatoms. The molecule has 1 saturated heterocycles. The van der Waals surface area contributed by atoms with Gasteiger partial charge in [-0.1, -0.05) is 42.5 Å². The van der Waals surface area contributed by atoms with Crippen LogP contribution in [0.2, 0.25) is 0 Å². The number of rotatable bonds is 6. The zero-order valence-electron chi connectivity index (χ0n) is 15.1. The first kappa shape index (κ1) is 16.9. The Bertz CT molecular complexity index is 824. The van der Waals surface area contributed by atoms with E-state index in [1.165, 1.54) is 10.8 Å². The topological polar surface area (TPSA) is 28.6 Å². The molecule has 0 unspecified atom stereocenters. The predicted molar refractivity (Wildman–Crippen MR) is 107 cm³/mol. The van der Waals surface area contributed by atoms with Crippen molar-refractivity contribution >= 4 is 16.6 Å². The van der Waals surface area contributed by atoms with Gasteiger partial charge in [0.1, 0.15) is 11.6 Å². The van der Waals surface area contributed by atoms with Crippen LogP contribution in [-0.4, -0.2) is 49.2 Å². The summed E-state index contributed by atoms with van der Waals surface area (Å²) in [5.41, 5.74) is 0. The Morgan fingerprint density at radius 2 is 1.65 bits per heavy atom. The van der Waals surface area contributed by atoms with Crippen LogP contribution in [0.15, 0.2) is 66.9 Å². The van der Waals surface area contributed by atoms with Gasteiger partial charge < -0.3 is 9.64 Å². The van der Waals surface area contributed by atoms with Crippen LogP contribution in [-0.2, 0) is 0 Å². The van der Waals surface area contributed by atoms with E-state index in [9.17, 15) is 0 Å². The van der Waals surface area contributed by atoms with Gasteiger partial charge in [0.25, 0.3) is 0 Å². The minimum Gasteiger partial charge on any atom is -0.493 e. The van der Waals surface area contributed by atoms with Crippen molar-refractivity contribution in [2.75, 3.05) is 44.2 Å². The van der Waals surface area contributed by atoms with Gasteiger partial charge in [0, 0.05) is 44.3 Å². The second kappa shape index (κ2) is 8.19. The predicted octanol–water partition coefficient (Wildman–Crippen LogP) is 3.83. The minimum absolute atomic E-state index is 0.758. The fourth-order valence-corrected chi connectivity index (χ4v) is 3.53. The normalized spacial score (nSPS) is 15.3. The van der Waals surface area contributed by atoms with Gasteiger partial charge in [0.15, 0.2) is 0 Å². The Morgan fingerprint density at radius 3 is 2.50 bits per heavy atom. The van der Waals surface area contributed by atoms with Crippen molar-refractivity contribution in [1.29, 1.82) is 0 Å². The molecular formula is C22H25N3O. The number of piperazine rings is 1. The number of benzene rings is 2. The maximum absolute atomic E-state index is 6.05. The van der Waals surface area contributed by atoms with Gasteiger partial charge in [-0.25, -0.2) is 4.98 Å². The fourth-order valence-electron chi connectivity index (χ4n) is 3.53. The molecule has 0 N–H and O–H groups in total. The smallest absolute Gasteiger partial charge is 0.128 e. The lowest BCUT2D eigenvalue weighted by atomic mass is 10.1. The van der Waals surface area contributed by atoms with Crippen LogP contribution in [0.25, 0.3) is 10.8 Å². The number of nitrogens with zero attached hydrogens (tertiary/aromatic N) is 3. The van der Waals surface area contributed by atoms with Crippen LogP contribution in [0.3, 0.4) is 0 Å². The van der Waals surface area contributed by atoms with Gasteiger partial charge in [-0.05, 0) is 30.0 Å². The van der Waals surface area contributed by atoms with Crippen molar-refractivity contribution < 1.29 is 4.74 Å². The number of hydrogen-bond donors (Lipinski definition) is 0. The summed E-state index contributed by atoms with van der Waals surface area (Å²) < 4.78 is 6.05. The lowest BCUT2D eigenvalue weighted by Crippen LogP contribution is -2.47. The van der Waals surface area contributed by atoms with Crippen LogP contribution < -0.4 is 9.64 Å². The molecule has 4 nitrogen and oxygen atoms in total. The van der Waals surface area contributed by atoms with Gasteiger partial charge in [-0.2, -0.15) is 0 Å². The highest BCUT2D eigenvalue weighted by molar-refractivity contribution is 5.88. The fraction of sp³-hybridized carbons (Fsp3) is 0.318. The van der Waals surface area contributed by atoms with E-state index in [1.54, 1.807) is 0 Å². The highest BCUT2D eigenvalue weighted by Crippen LogP contribution is 2.25. The van der Waals surface area contributed by atoms with Gasteiger partial charge >= 0.3 is 0 Å². The molecule has 1 aliphatic rings. The van der Waals surface area contributed by atoms with Crippen molar-refractivity contribution in [2.24, 2.45) is 0 Å². The lowest BCUT2D eigenvalue weighted by molar-refractivity contribution is 0.225. The number of anilines is 1. The highest BCUT2D eigenvalue weighted by atomic mass is 16.5.